The monoisotopic (exact) mass is 303 g/mol. The van der Waals surface area contributed by atoms with Gasteiger partial charge in [0.15, 0.2) is 0 Å². The highest BCUT2D eigenvalue weighted by Gasteiger charge is 2.53. The first-order valence-corrected chi connectivity index (χ1v) is 7.47. The Kier molecular flexibility index (Phi) is 3.74. The summed E-state index contributed by atoms with van der Waals surface area (Å²) in [5.74, 6) is -0.00512. The van der Waals surface area contributed by atoms with Gasteiger partial charge in [-0.1, -0.05) is 6.08 Å². The number of imidazole rings is 1. The standard InChI is InChI=1S/C15H21N5O2/c1-3-5-20-8-7-18(2)14(22)15(20)4-6-19(10-15)13(21)12-9-16-11-17-12/h3,9,11H,1,4-8,10H2,2H3,(H,16,17)/t15-/m1/s1. The second-order valence-corrected chi connectivity index (χ2v) is 5.93. The van der Waals surface area contributed by atoms with Gasteiger partial charge in [-0.25, -0.2) is 4.98 Å². The molecule has 7 heteroatoms. The maximum absolute atomic E-state index is 12.8. The Bertz CT molecular complexity index is 585. The minimum Gasteiger partial charge on any atom is -0.343 e. The van der Waals surface area contributed by atoms with E-state index in [4.69, 9.17) is 0 Å². The molecule has 1 aromatic rings. The number of carbonyl (C=O) groups is 2. The highest BCUT2D eigenvalue weighted by atomic mass is 16.2. The average Bonchev–Trinajstić information content (AvgIpc) is 3.18. The van der Waals surface area contributed by atoms with E-state index in [0.717, 1.165) is 6.54 Å². The van der Waals surface area contributed by atoms with E-state index in [9.17, 15) is 9.59 Å². The predicted octanol–water partition coefficient (Wildman–Crippen LogP) is -0.0456. The Morgan fingerprint density at radius 3 is 3.00 bits per heavy atom. The van der Waals surface area contributed by atoms with E-state index in [1.165, 1.54) is 12.5 Å². The van der Waals surface area contributed by atoms with Gasteiger partial charge < -0.3 is 14.8 Å². The maximum Gasteiger partial charge on any atom is 0.271 e. The second kappa shape index (κ2) is 5.57. The van der Waals surface area contributed by atoms with Crippen LogP contribution >= 0.6 is 0 Å². The highest BCUT2D eigenvalue weighted by molar-refractivity contribution is 5.94. The lowest BCUT2D eigenvalue weighted by atomic mass is 9.91. The first-order chi connectivity index (χ1) is 10.6. The third-order valence-electron chi connectivity index (χ3n) is 4.67. The number of likely N-dealkylation sites (N-methyl/N-ethyl adjacent to an activating group) is 1. The zero-order valence-electron chi connectivity index (χ0n) is 12.8. The van der Waals surface area contributed by atoms with Crippen molar-refractivity contribution in [1.82, 2.24) is 24.7 Å². The summed E-state index contributed by atoms with van der Waals surface area (Å²) >= 11 is 0. The minimum atomic E-state index is -0.614. The molecule has 0 bridgehead atoms. The Morgan fingerprint density at radius 2 is 2.32 bits per heavy atom. The lowest BCUT2D eigenvalue weighted by molar-refractivity contribution is -0.148. The molecule has 0 radical (unpaired) electrons. The molecule has 2 aliphatic heterocycles. The van der Waals surface area contributed by atoms with Crippen LogP contribution < -0.4 is 0 Å². The number of H-pyrrole nitrogens is 1. The predicted molar refractivity (Wildman–Crippen MR) is 81.2 cm³/mol. The smallest absolute Gasteiger partial charge is 0.271 e. The quantitative estimate of drug-likeness (QED) is 0.795. The van der Waals surface area contributed by atoms with Gasteiger partial charge in [0.2, 0.25) is 5.91 Å². The number of carbonyl (C=O) groups excluding carboxylic acids is 2. The van der Waals surface area contributed by atoms with E-state index in [-0.39, 0.29) is 11.8 Å². The number of hydrogen-bond acceptors (Lipinski definition) is 4. The third kappa shape index (κ3) is 2.21. The van der Waals surface area contributed by atoms with E-state index < -0.39 is 5.54 Å². The topological polar surface area (TPSA) is 72.5 Å². The number of nitrogens with one attached hydrogen (secondary N) is 1. The van der Waals surface area contributed by atoms with Crippen molar-refractivity contribution in [1.29, 1.82) is 0 Å². The first kappa shape index (κ1) is 14.8. The van der Waals surface area contributed by atoms with Crippen LogP contribution in [0.15, 0.2) is 25.2 Å². The molecule has 118 valence electrons. The van der Waals surface area contributed by atoms with E-state index >= 15 is 0 Å². The maximum atomic E-state index is 12.8. The van der Waals surface area contributed by atoms with E-state index in [1.807, 2.05) is 13.1 Å². The molecule has 2 fully saturated rings. The molecule has 1 atom stereocenters. The fourth-order valence-electron chi connectivity index (χ4n) is 3.44. The molecule has 7 nitrogen and oxygen atoms in total. The summed E-state index contributed by atoms with van der Waals surface area (Å²) in [5.41, 5.74) is -0.152. The van der Waals surface area contributed by atoms with Crippen molar-refractivity contribution in [2.75, 3.05) is 39.8 Å². The molecule has 1 aromatic heterocycles. The van der Waals surface area contributed by atoms with Gasteiger partial charge in [-0.05, 0) is 6.42 Å². The largest absolute Gasteiger partial charge is 0.343 e. The van der Waals surface area contributed by atoms with E-state index in [2.05, 4.69) is 21.4 Å². The number of hydrogen-bond donors (Lipinski definition) is 1. The molecule has 1 N–H and O–H groups in total. The number of amides is 2. The first-order valence-electron chi connectivity index (χ1n) is 7.47. The van der Waals surface area contributed by atoms with Crippen LogP contribution in [0, 0.1) is 0 Å². The molecule has 0 aromatic carbocycles. The molecular weight excluding hydrogens is 282 g/mol. The lowest BCUT2D eigenvalue weighted by Gasteiger charge is -2.46. The number of piperazine rings is 1. The second-order valence-electron chi connectivity index (χ2n) is 5.93. The highest BCUT2D eigenvalue weighted by Crippen LogP contribution is 2.33. The Hall–Kier alpha value is -2.15. The van der Waals surface area contributed by atoms with Crippen molar-refractivity contribution in [2.24, 2.45) is 0 Å². The molecule has 2 aliphatic rings. The molecular formula is C15H21N5O2. The Morgan fingerprint density at radius 1 is 1.50 bits per heavy atom. The number of aromatic amines is 1. The number of likely N-dealkylation sites (tertiary alicyclic amines) is 1. The third-order valence-corrected chi connectivity index (χ3v) is 4.67. The molecule has 2 saturated heterocycles. The SMILES string of the molecule is C=CCN1CCN(C)C(=O)[C@]12CCN(C(=O)c1cnc[nH]1)C2. The molecule has 2 amide bonds. The van der Waals surface area contributed by atoms with Gasteiger partial charge in [0, 0.05) is 39.8 Å². The van der Waals surface area contributed by atoms with Gasteiger partial charge in [0.05, 0.1) is 12.5 Å². The van der Waals surface area contributed by atoms with Crippen molar-refractivity contribution < 1.29 is 9.59 Å². The Labute approximate surface area is 129 Å². The average molecular weight is 303 g/mol. The molecule has 3 heterocycles. The zero-order chi connectivity index (χ0) is 15.7. The van der Waals surface area contributed by atoms with Crippen LogP contribution in [0.1, 0.15) is 16.9 Å². The molecule has 3 rings (SSSR count). The van der Waals surface area contributed by atoms with Crippen LogP contribution in [0.3, 0.4) is 0 Å². The van der Waals surface area contributed by atoms with Crippen molar-refractivity contribution >= 4 is 11.8 Å². The number of aromatic nitrogens is 2. The normalized spacial score (nSPS) is 26.0. The summed E-state index contributed by atoms with van der Waals surface area (Å²) < 4.78 is 0. The fourth-order valence-corrected chi connectivity index (χ4v) is 3.44. The molecule has 0 unspecified atom stereocenters. The van der Waals surface area contributed by atoms with Crippen molar-refractivity contribution in [3.8, 4) is 0 Å². The summed E-state index contributed by atoms with van der Waals surface area (Å²) in [4.78, 5) is 37.6. The van der Waals surface area contributed by atoms with Crippen LogP contribution in [0.25, 0.3) is 0 Å². The molecule has 0 aliphatic carbocycles. The zero-order valence-corrected chi connectivity index (χ0v) is 12.8. The van der Waals surface area contributed by atoms with E-state index in [1.54, 1.807) is 9.80 Å². The summed E-state index contributed by atoms with van der Waals surface area (Å²) in [6.45, 7) is 6.96. The van der Waals surface area contributed by atoms with Crippen molar-refractivity contribution in [3.05, 3.63) is 30.9 Å². The van der Waals surface area contributed by atoms with E-state index in [0.29, 0.717) is 38.3 Å². The molecule has 1 spiro atoms. The lowest BCUT2D eigenvalue weighted by Crippen LogP contribution is -2.66. The van der Waals surface area contributed by atoms with Crippen molar-refractivity contribution in [3.63, 3.8) is 0 Å². The van der Waals surface area contributed by atoms with Crippen LogP contribution in [-0.4, -0.2) is 81.8 Å². The molecule has 0 saturated carbocycles. The van der Waals surface area contributed by atoms with Gasteiger partial charge in [-0.3, -0.25) is 14.5 Å². The van der Waals surface area contributed by atoms with Crippen molar-refractivity contribution in [2.45, 2.75) is 12.0 Å². The summed E-state index contributed by atoms with van der Waals surface area (Å²) in [7, 11) is 1.83. The Balaban J connectivity index is 1.84. The number of nitrogens with zero attached hydrogens (tertiary/aromatic N) is 4. The van der Waals surface area contributed by atoms with Crippen LogP contribution in [0.2, 0.25) is 0 Å². The van der Waals surface area contributed by atoms with Crippen LogP contribution in [-0.2, 0) is 4.79 Å². The van der Waals surface area contributed by atoms with Gasteiger partial charge >= 0.3 is 0 Å². The van der Waals surface area contributed by atoms with Gasteiger partial charge in [-0.2, -0.15) is 0 Å². The van der Waals surface area contributed by atoms with Crippen LogP contribution in [0.4, 0.5) is 0 Å². The van der Waals surface area contributed by atoms with Gasteiger partial charge in [0.1, 0.15) is 11.2 Å². The molecule has 22 heavy (non-hydrogen) atoms. The summed E-state index contributed by atoms with van der Waals surface area (Å²) in [6.07, 6.45) is 5.48. The number of rotatable bonds is 3. The summed E-state index contributed by atoms with van der Waals surface area (Å²) in [6, 6.07) is 0. The summed E-state index contributed by atoms with van der Waals surface area (Å²) in [5, 5.41) is 0. The van der Waals surface area contributed by atoms with Gasteiger partial charge in [-0.15, -0.1) is 6.58 Å². The van der Waals surface area contributed by atoms with Crippen LogP contribution in [0.5, 0.6) is 0 Å². The minimum absolute atomic E-state index is 0.0977. The fraction of sp³-hybridized carbons (Fsp3) is 0.533. The van der Waals surface area contributed by atoms with Gasteiger partial charge in [0.25, 0.3) is 5.91 Å².